The van der Waals surface area contributed by atoms with Gasteiger partial charge in [0.15, 0.2) is 0 Å². The van der Waals surface area contributed by atoms with Gasteiger partial charge in [0.25, 0.3) is 16.8 Å². The maximum atomic E-state index is 13.1. The number of nitro groups is 1. The van der Waals surface area contributed by atoms with E-state index >= 15 is 0 Å². The van der Waals surface area contributed by atoms with Gasteiger partial charge in [-0.1, -0.05) is 17.7 Å². The monoisotopic (exact) mass is 538 g/mol. The molecule has 0 bridgehead atoms. The smallest absolute Gasteiger partial charge is 0.298 e. The number of hydrogen-bond acceptors (Lipinski definition) is 7. The minimum Gasteiger partial charge on any atom is -0.378 e. The number of hydrogen-bond donors (Lipinski definition) is 0. The van der Waals surface area contributed by atoms with Crippen molar-refractivity contribution in [2.24, 2.45) is 0 Å². The summed E-state index contributed by atoms with van der Waals surface area (Å²) in [4.78, 5) is 40.7. The number of aromatic nitrogens is 1. The van der Waals surface area contributed by atoms with Crippen molar-refractivity contribution in [1.82, 2.24) is 4.57 Å². The van der Waals surface area contributed by atoms with Crippen LogP contribution < -0.4 is 9.80 Å². The Hall–Kier alpha value is -3.60. The number of ether oxygens (including phenoxy) is 1. The second-order valence-electron chi connectivity index (χ2n) is 8.69. The number of benzene rings is 2. The van der Waals surface area contributed by atoms with Crippen LogP contribution in [0.2, 0.25) is 5.02 Å². The van der Waals surface area contributed by atoms with Crippen molar-refractivity contribution in [2.75, 3.05) is 36.1 Å². The van der Waals surface area contributed by atoms with Crippen molar-refractivity contribution in [3.63, 3.8) is 0 Å². The van der Waals surface area contributed by atoms with E-state index < -0.39 is 11.1 Å². The second kappa shape index (κ2) is 10.0. The van der Waals surface area contributed by atoms with Crippen molar-refractivity contribution in [3.05, 3.63) is 85.5 Å². The number of aryl methyl sites for hydroxylation is 1. The molecule has 190 valence electrons. The van der Waals surface area contributed by atoms with Gasteiger partial charge < -0.3 is 14.2 Å². The highest BCUT2D eigenvalue weighted by Gasteiger charge is 2.36. The number of anilines is 2. The zero-order chi connectivity index (χ0) is 26.3. The summed E-state index contributed by atoms with van der Waals surface area (Å²) in [7, 11) is 0. The summed E-state index contributed by atoms with van der Waals surface area (Å²) in [6.07, 6.45) is 1.69. The number of imide groups is 1. The Bertz CT molecular complexity index is 1460. The molecule has 2 aliphatic heterocycles. The van der Waals surface area contributed by atoms with E-state index in [-0.39, 0.29) is 10.6 Å². The van der Waals surface area contributed by atoms with Gasteiger partial charge in [-0.05, 0) is 73.6 Å². The summed E-state index contributed by atoms with van der Waals surface area (Å²) >= 11 is 6.91. The standard InChI is InChI=1S/C26H23ClN4O5S/c1-16-12-18(13-24-25(32)30(26(33)37-24)20-5-3-4-19(27)14-20)17(2)29(16)21-6-7-22(23(15-21)31(34)35)28-8-10-36-11-9-28/h3-7,12-15H,8-11H2,1-2H3/b24-13-. The number of halogens is 1. The molecule has 0 aliphatic carbocycles. The van der Waals surface area contributed by atoms with Gasteiger partial charge in [-0.15, -0.1) is 0 Å². The summed E-state index contributed by atoms with van der Waals surface area (Å²) in [5.74, 6) is -0.424. The highest BCUT2D eigenvalue weighted by molar-refractivity contribution is 8.19. The average Bonchev–Trinajstić information content (AvgIpc) is 3.32. The Morgan fingerprint density at radius 3 is 2.51 bits per heavy atom. The second-order valence-corrected chi connectivity index (χ2v) is 10.1. The van der Waals surface area contributed by atoms with E-state index in [1.54, 1.807) is 42.5 Å². The molecule has 0 N–H and O–H groups in total. The van der Waals surface area contributed by atoms with Gasteiger partial charge in [-0.25, -0.2) is 4.90 Å². The number of amides is 2. The SMILES string of the molecule is Cc1cc(/C=C2\SC(=O)N(c3cccc(Cl)c3)C2=O)c(C)n1-c1ccc(N2CCOCC2)c([N+](=O)[O-])c1. The molecule has 37 heavy (non-hydrogen) atoms. The quantitative estimate of drug-likeness (QED) is 0.232. The maximum Gasteiger partial charge on any atom is 0.298 e. The molecule has 2 saturated heterocycles. The first-order valence-corrected chi connectivity index (χ1v) is 12.8. The van der Waals surface area contributed by atoms with Crippen molar-refractivity contribution in [2.45, 2.75) is 13.8 Å². The lowest BCUT2D eigenvalue weighted by atomic mass is 10.2. The van der Waals surface area contributed by atoms with Crippen LogP contribution in [0.3, 0.4) is 0 Å². The van der Waals surface area contributed by atoms with E-state index in [0.29, 0.717) is 53.3 Å². The van der Waals surface area contributed by atoms with Crippen LogP contribution in [0, 0.1) is 24.0 Å². The van der Waals surface area contributed by atoms with Crippen LogP contribution in [0.1, 0.15) is 17.0 Å². The zero-order valence-corrected chi connectivity index (χ0v) is 21.7. The van der Waals surface area contributed by atoms with Crippen molar-refractivity contribution in [3.8, 4) is 5.69 Å². The predicted molar refractivity (Wildman–Crippen MR) is 145 cm³/mol. The van der Waals surface area contributed by atoms with Crippen molar-refractivity contribution < 1.29 is 19.2 Å². The molecule has 3 heterocycles. The van der Waals surface area contributed by atoms with Gasteiger partial charge in [-0.3, -0.25) is 19.7 Å². The highest BCUT2D eigenvalue weighted by atomic mass is 35.5. The fourth-order valence-corrected chi connectivity index (χ4v) is 5.66. The number of carbonyl (C=O) groups excluding carboxylic acids is 2. The first kappa shape index (κ1) is 25.1. The zero-order valence-electron chi connectivity index (χ0n) is 20.1. The van der Waals surface area contributed by atoms with Gasteiger partial charge >= 0.3 is 0 Å². The number of rotatable bonds is 5. The minimum atomic E-state index is -0.424. The molecule has 0 spiro atoms. The first-order valence-electron chi connectivity index (χ1n) is 11.6. The summed E-state index contributed by atoms with van der Waals surface area (Å²) in [6, 6.07) is 13.7. The Morgan fingerprint density at radius 1 is 1.05 bits per heavy atom. The van der Waals surface area contributed by atoms with Gasteiger partial charge in [0.2, 0.25) is 0 Å². The number of thioether (sulfide) groups is 1. The fraction of sp³-hybridized carbons (Fsp3) is 0.231. The van der Waals surface area contributed by atoms with Gasteiger partial charge in [0, 0.05) is 35.6 Å². The average molecular weight is 539 g/mol. The molecular weight excluding hydrogens is 516 g/mol. The van der Waals surface area contributed by atoms with Gasteiger partial charge in [0.05, 0.1) is 34.4 Å². The molecule has 0 unspecified atom stereocenters. The van der Waals surface area contributed by atoms with Gasteiger partial charge in [0.1, 0.15) is 5.69 Å². The summed E-state index contributed by atoms with van der Waals surface area (Å²) in [6.45, 7) is 6.01. The highest BCUT2D eigenvalue weighted by Crippen LogP contribution is 2.38. The van der Waals surface area contributed by atoms with E-state index in [2.05, 4.69) is 0 Å². The Balaban J connectivity index is 1.49. The molecule has 5 rings (SSSR count). The molecule has 3 aromatic rings. The van der Waals surface area contributed by atoms with Crippen molar-refractivity contribution in [1.29, 1.82) is 0 Å². The molecule has 2 aliphatic rings. The van der Waals surface area contributed by atoms with Crippen molar-refractivity contribution >= 4 is 57.6 Å². The topological polar surface area (TPSA) is 97.9 Å². The Morgan fingerprint density at radius 2 is 1.81 bits per heavy atom. The third-order valence-corrected chi connectivity index (χ3v) is 7.49. The van der Waals surface area contributed by atoms with Gasteiger partial charge in [-0.2, -0.15) is 0 Å². The van der Waals surface area contributed by atoms with Crippen LogP contribution in [0.15, 0.2) is 53.4 Å². The third-order valence-electron chi connectivity index (χ3n) is 6.38. The summed E-state index contributed by atoms with van der Waals surface area (Å²) in [5.41, 5.74) is 4.02. The number of carbonyl (C=O) groups is 2. The lowest BCUT2D eigenvalue weighted by molar-refractivity contribution is -0.384. The molecule has 2 amide bonds. The molecule has 0 radical (unpaired) electrons. The minimum absolute atomic E-state index is 0.0242. The van der Waals surface area contributed by atoms with Crippen LogP contribution in [0.5, 0.6) is 0 Å². The molecule has 11 heteroatoms. The van der Waals surface area contributed by atoms with Crippen LogP contribution in [-0.2, 0) is 9.53 Å². The number of nitro benzene ring substituents is 1. The van der Waals surface area contributed by atoms with E-state index in [1.807, 2.05) is 35.4 Å². The van der Waals surface area contributed by atoms with Crippen LogP contribution >= 0.6 is 23.4 Å². The Labute approximate surface area is 222 Å². The maximum absolute atomic E-state index is 13.1. The molecule has 1 aromatic heterocycles. The molecule has 2 aromatic carbocycles. The van der Waals surface area contributed by atoms with E-state index in [4.69, 9.17) is 16.3 Å². The molecule has 0 atom stereocenters. The third kappa shape index (κ3) is 4.75. The van der Waals surface area contributed by atoms with Crippen LogP contribution in [0.4, 0.5) is 21.9 Å². The molecule has 2 fully saturated rings. The van der Waals surface area contributed by atoms with Crippen LogP contribution in [0.25, 0.3) is 11.8 Å². The van der Waals surface area contributed by atoms with E-state index in [0.717, 1.165) is 33.6 Å². The molecule has 9 nitrogen and oxygen atoms in total. The van der Waals surface area contributed by atoms with E-state index in [9.17, 15) is 19.7 Å². The molecular formula is C26H23ClN4O5S. The van der Waals surface area contributed by atoms with E-state index in [1.165, 1.54) is 0 Å². The lowest BCUT2D eigenvalue weighted by Crippen LogP contribution is -2.36. The summed E-state index contributed by atoms with van der Waals surface area (Å²) < 4.78 is 7.28. The summed E-state index contributed by atoms with van der Waals surface area (Å²) in [5, 5.41) is 12.0. The number of morpholine rings is 1. The Kier molecular flexibility index (Phi) is 6.80. The van der Waals surface area contributed by atoms with Crippen LogP contribution in [-0.4, -0.2) is 46.9 Å². The largest absolute Gasteiger partial charge is 0.378 e. The molecule has 0 saturated carbocycles. The first-order chi connectivity index (χ1) is 17.7. The fourth-order valence-electron chi connectivity index (χ4n) is 4.65. The lowest BCUT2D eigenvalue weighted by Gasteiger charge is -2.28. The number of nitrogens with zero attached hydrogens (tertiary/aromatic N) is 4. The normalized spacial score (nSPS) is 17.2. The predicted octanol–water partition coefficient (Wildman–Crippen LogP) is 5.73.